The van der Waals surface area contributed by atoms with Crippen molar-refractivity contribution >= 4 is 23.6 Å². The molecule has 0 saturated heterocycles. The van der Waals surface area contributed by atoms with E-state index >= 15 is 0 Å². The Kier molecular flexibility index (Phi) is 6.24. The summed E-state index contributed by atoms with van der Waals surface area (Å²) in [6.45, 7) is 0.0834. The topological polar surface area (TPSA) is 98.2 Å². The van der Waals surface area contributed by atoms with Crippen molar-refractivity contribution < 1.29 is 9.59 Å². The van der Waals surface area contributed by atoms with Gasteiger partial charge >= 0.3 is 0 Å². The van der Waals surface area contributed by atoms with Gasteiger partial charge in [0.15, 0.2) is 0 Å². The molecule has 0 spiro atoms. The summed E-state index contributed by atoms with van der Waals surface area (Å²) in [5, 5.41) is 2.56. The molecule has 0 aliphatic carbocycles. The predicted octanol–water partition coefficient (Wildman–Crippen LogP) is -0.151. The molecular weight excluding hydrogens is 250 g/mol. The maximum atomic E-state index is 11.4. The quantitative estimate of drug-likeness (QED) is 0.640. The SMILES string of the molecule is NC(=O)[C@@H](N)CNC(=O)CSCc1ccccc1. The van der Waals surface area contributed by atoms with Gasteiger partial charge in [0.25, 0.3) is 0 Å². The van der Waals surface area contributed by atoms with E-state index in [2.05, 4.69) is 5.32 Å². The fourth-order valence-electron chi connectivity index (χ4n) is 1.21. The van der Waals surface area contributed by atoms with Crippen LogP contribution in [0.5, 0.6) is 0 Å². The number of benzene rings is 1. The number of nitrogens with two attached hydrogens (primary N) is 2. The van der Waals surface area contributed by atoms with Crippen molar-refractivity contribution in [1.82, 2.24) is 5.32 Å². The summed E-state index contributed by atoms with van der Waals surface area (Å²) in [7, 11) is 0. The summed E-state index contributed by atoms with van der Waals surface area (Å²) in [4.78, 5) is 22.1. The van der Waals surface area contributed by atoms with Gasteiger partial charge in [-0.3, -0.25) is 9.59 Å². The lowest BCUT2D eigenvalue weighted by Crippen LogP contribution is -2.46. The number of amides is 2. The zero-order valence-electron chi connectivity index (χ0n) is 9.96. The highest BCUT2D eigenvalue weighted by Crippen LogP contribution is 2.10. The number of rotatable bonds is 7. The first-order chi connectivity index (χ1) is 8.59. The second-order valence-electron chi connectivity index (χ2n) is 3.79. The van der Waals surface area contributed by atoms with Gasteiger partial charge in [-0.25, -0.2) is 0 Å². The summed E-state index contributed by atoms with van der Waals surface area (Å²) in [6.07, 6.45) is 0. The number of nitrogens with one attached hydrogen (secondary N) is 1. The van der Waals surface area contributed by atoms with Crippen LogP contribution in [0.2, 0.25) is 0 Å². The van der Waals surface area contributed by atoms with E-state index in [1.54, 1.807) is 0 Å². The van der Waals surface area contributed by atoms with Gasteiger partial charge in [0.2, 0.25) is 11.8 Å². The van der Waals surface area contributed by atoms with Gasteiger partial charge in [0, 0.05) is 12.3 Å². The molecule has 18 heavy (non-hydrogen) atoms. The first-order valence-corrected chi connectivity index (χ1v) is 6.68. The number of hydrogen-bond donors (Lipinski definition) is 3. The lowest BCUT2D eigenvalue weighted by Gasteiger charge is -2.09. The molecule has 2 amide bonds. The Bertz CT molecular complexity index is 398. The number of carbonyl (C=O) groups is 2. The molecule has 1 atom stereocenters. The van der Waals surface area contributed by atoms with E-state index in [1.807, 2.05) is 30.3 Å². The van der Waals surface area contributed by atoms with Gasteiger partial charge < -0.3 is 16.8 Å². The van der Waals surface area contributed by atoms with E-state index in [0.29, 0.717) is 5.75 Å². The van der Waals surface area contributed by atoms with E-state index in [1.165, 1.54) is 17.3 Å². The van der Waals surface area contributed by atoms with Crippen LogP contribution in [0, 0.1) is 0 Å². The highest BCUT2D eigenvalue weighted by molar-refractivity contribution is 7.99. The van der Waals surface area contributed by atoms with E-state index < -0.39 is 11.9 Å². The summed E-state index contributed by atoms with van der Waals surface area (Å²) in [6, 6.07) is 9.06. The molecule has 0 bridgehead atoms. The molecular formula is C12H17N3O2S. The number of thioether (sulfide) groups is 1. The predicted molar refractivity (Wildman–Crippen MR) is 72.8 cm³/mol. The zero-order chi connectivity index (χ0) is 13.4. The Morgan fingerprint density at radius 1 is 1.28 bits per heavy atom. The summed E-state index contributed by atoms with van der Waals surface area (Å²) >= 11 is 1.51. The van der Waals surface area contributed by atoms with Crippen molar-refractivity contribution in [1.29, 1.82) is 0 Å². The van der Waals surface area contributed by atoms with Crippen molar-refractivity contribution in [3.63, 3.8) is 0 Å². The van der Waals surface area contributed by atoms with E-state index in [4.69, 9.17) is 11.5 Å². The molecule has 0 radical (unpaired) electrons. The van der Waals surface area contributed by atoms with Crippen LogP contribution in [0.3, 0.4) is 0 Å². The molecule has 1 aromatic carbocycles. The van der Waals surface area contributed by atoms with Gasteiger partial charge in [0.1, 0.15) is 6.04 Å². The number of carbonyl (C=O) groups excluding carboxylic acids is 2. The highest BCUT2D eigenvalue weighted by Gasteiger charge is 2.10. The molecule has 0 aliphatic heterocycles. The third kappa shape index (κ3) is 5.70. The average Bonchev–Trinajstić information content (AvgIpc) is 2.37. The van der Waals surface area contributed by atoms with Crippen LogP contribution in [0.1, 0.15) is 5.56 Å². The minimum atomic E-state index is -0.826. The van der Waals surface area contributed by atoms with Crippen LogP contribution in [-0.4, -0.2) is 30.2 Å². The molecule has 0 unspecified atom stereocenters. The second-order valence-corrected chi connectivity index (χ2v) is 4.78. The molecule has 0 aromatic heterocycles. The van der Waals surface area contributed by atoms with Gasteiger partial charge in [-0.1, -0.05) is 30.3 Å². The van der Waals surface area contributed by atoms with Crippen LogP contribution in [0.25, 0.3) is 0 Å². The monoisotopic (exact) mass is 267 g/mol. The maximum Gasteiger partial charge on any atom is 0.236 e. The summed E-state index contributed by atoms with van der Waals surface area (Å²) in [5.74, 6) is 0.344. The average molecular weight is 267 g/mol. The smallest absolute Gasteiger partial charge is 0.236 e. The molecule has 98 valence electrons. The minimum absolute atomic E-state index is 0.0834. The first-order valence-electron chi connectivity index (χ1n) is 5.53. The molecule has 6 heteroatoms. The lowest BCUT2D eigenvalue weighted by atomic mass is 10.2. The maximum absolute atomic E-state index is 11.4. The zero-order valence-corrected chi connectivity index (χ0v) is 10.8. The Labute approximate surface area is 110 Å². The van der Waals surface area contributed by atoms with E-state index in [9.17, 15) is 9.59 Å². The summed E-state index contributed by atoms with van der Waals surface area (Å²) in [5.41, 5.74) is 11.5. The van der Waals surface area contributed by atoms with Gasteiger partial charge in [-0.15, -0.1) is 11.8 Å². The van der Waals surface area contributed by atoms with E-state index in [0.717, 1.165) is 5.75 Å². The second kappa shape index (κ2) is 7.73. The lowest BCUT2D eigenvalue weighted by molar-refractivity contribution is -0.120. The normalized spacial score (nSPS) is 11.8. The Morgan fingerprint density at radius 2 is 1.94 bits per heavy atom. The molecule has 0 aliphatic rings. The van der Waals surface area contributed by atoms with Gasteiger partial charge in [-0.2, -0.15) is 0 Å². The van der Waals surface area contributed by atoms with Gasteiger partial charge in [0.05, 0.1) is 5.75 Å². The van der Waals surface area contributed by atoms with Crippen molar-refractivity contribution in [3.8, 4) is 0 Å². The van der Waals surface area contributed by atoms with Crippen molar-refractivity contribution in [2.24, 2.45) is 11.5 Å². The molecule has 5 nitrogen and oxygen atoms in total. The largest absolute Gasteiger partial charge is 0.368 e. The molecule has 1 aromatic rings. The fraction of sp³-hybridized carbons (Fsp3) is 0.333. The summed E-state index contributed by atoms with van der Waals surface area (Å²) < 4.78 is 0. The molecule has 1 rings (SSSR count). The minimum Gasteiger partial charge on any atom is -0.368 e. The number of hydrogen-bond acceptors (Lipinski definition) is 4. The van der Waals surface area contributed by atoms with Crippen LogP contribution in [0.15, 0.2) is 30.3 Å². The Morgan fingerprint density at radius 3 is 2.56 bits per heavy atom. The fourth-order valence-corrected chi connectivity index (χ4v) is 2.03. The van der Waals surface area contributed by atoms with Crippen LogP contribution >= 0.6 is 11.8 Å². The third-order valence-electron chi connectivity index (χ3n) is 2.23. The molecule has 0 heterocycles. The third-order valence-corrected chi connectivity index (χ3v) is 3.23. The van der Waals surface area contributed by atoms with Gasteiger partial charge in [-0.05, 0) is 5.56 Å². The van der Waals surface area contributed by atoms with Crippen molar-refractivity contribution in [2.75, 3.05) is 12.3 Å². The van der Waals surface area contributed by atoms with Crippen molar-refractivity contribution in [2.45, 2.75) is 11.8 Å². The number of primary amides is 1. The van der Waals surface area contributed by atoms with Crippen LogP contribution in [0.4, 0.5) is 0 Å². The standard InChI is InChI=1S/C12H17N3O2S/c13-10(12(14)17)6-15-11(16)8-18-7-9-4-2-1-3-5-9/h1-5,10H,6-8,13H2,(H2,14,17)(H,15,16)/t10-/m0/s1. The Balaban J connectivity index is 2.16. The Hall–Kier alpha value is -1.53. The van der Waals surface area contributed by atoms with Crippen molar-refractivity contribution in [3.05, 3.63) is 35.9 Å². The van der Waals surface area contributed by atoms with Crippen LogP contribution < -0.4 is 16.8 Å². The van der Waals surface area contributed by atoms with E-state index in [-0.39, 0.29) is 12.5 Å². The van der Waals surface area contributed by atoms with Crippen LogP contribution in [-0.2, 0) is 15.3 Å². The molecule has 0 fully saturated rings. The molecule has 5 N–H and O–H groups in total. The first kappa shape index (κ1) is 14.5. The highest BCUT2D eigenvalue weighted by atomic mass is 32.2. The molecule has 0 saturated carbocycles.